The van der Waals surface area contributed by atoms with E-state index in [1.165, 1.54) is 11.9 Å². The second-order valence-corrected chi connectivity index (χ2v) is 4.46. The number of aromatic nitrogens is 2. The zero-order chi connectivity index (χ0) is 14.7. The van der Waals surface area contributed by atoms with Gasteiger partial charge in [0.1, 0.15) is 18.4 Å². The molecule has 0 aromatic carbocycles. The molecular weight excluding hydrogens is 266 g/mol. The van der Waals surface area contributed by atoms with Crippen LogP contribution in [0.5, 0.6) is 0 Å². The van der Waals surface area contributed by atoms with Crippen molar-refractivity contribution in [1.82, 2.24) is 25.1 Å². The Balaban J connectivity index is 2.08. The lowest BCUT2D eigenvalue weighted by molar-refractivity contribution is -0.144. The third-order valence-corrected chi connectivity index (χ3v) is 2.98. The van der Waals surface area contributed by atoms with Gasteiger partial charge in [0.2, 0.25) is 5.91 Å². The van der Waals surface area contributed by atoms with Gasteiger partial charge < -0.3 is 20.3 Å². The van der Waals surface area contributed by atoms with Crippen molar-refractivity contribution in [1.29, 1.82) is 0 Å². The lowest BCUT2D eigenvalue weighted by atomic mass is 10.2. The van der Waals surface area contributed by atoms with Crippen LogP contribution in [0.2, 0.25) is 0 Å². The number of H-pyrrole nitrogens is 1. The number of aromatic amines is 1. The van der Waals surface area contributed by atoms with Crippen molar-refractivity contribution in [2.45, 2.75) is 12.6 Å². The normalized spacial score (nSPS) is 18.6. The molecule has 1 aliphatic rings. The molecule has 2 rings (SSSR count). The standard InChI is InChI=1S/C11H15N5O4/c1-15(5-8-12-2-3-13-8)11(20)16-6-9(17)14-4-7(16)10(18)19/h2-3,7H,4-6H2,1H3,(H,12,13)(H,14,17)(H,18,19). The minimum absolute atomic E-state index is 0.0888. The Kier molecular flexibility index (Phi) is 3.87. The largest absolute Gasteiger partial charge is 0.480 e. The molecule has 2 heterocycles. The summed E-state index contributed by atoms with van der Waals surface area (Å²) in [6.45, 7) is -0.150. The van der Waals surface area contributed by atoms with Crippen molar-refractivity contribution in [3.63, 3.8) is 0 Å². The average molecular weight is 281 g/mol. The Labute approximate surface area is 114 Å². The number of nitrogens with zero attached hydrogens (tertiary/aromatic N) is 3. The number of carbonyl (C=O) groups is 3. The van der Waals surface area contributed by atoms with Crippen molar-refractivity contribution in [3.8, 4) is 0 Å². The molecule has 1 aromatic heterocycles. The SMILES string of the molecule is CN(Cc1ncc[nH]1)C(=O)N1CC(=O)NCC1C(=O)O. The summed E-state index contributed by atoms with van der Waals surface area (Å²) in [5.41, 5.74) is 0. The number of nitrogens with one attached hydrogen (secondary N) is 2. The van der Waals surface area contributed by atoms with E-state index in [1.807, 2.05) is 0 Å². The molecule has 1 aliphatic heterocycles. The molecule has 0 saturated carbocycles. The zero-order valence-corrected chi connectivity index (χ0v) is 10.9. The minimum atomic E-state index is -1.15. The number of carboxylic acids is 1. The molecule has 20 heavy (non-hydrogen) atoms. The van der Waals surface area contributed by atoms with Crippen LogP contribution in [0.4, 0.5) is 4.79 Å². The van der Waals surface area contributed by atoms with Crippen LogP contribution in [0.1, 0.15) is 5.82 Å². The second kappa shape index (κ2) is 5.59. The van der Waals surface area contributed by atoms with Crippen LogP contribution in [0.3, 0.4) is 0 Å². The fraction of sp³-hybridized carbons (Fsp3) is 0.455. The number of hydrogen-bond donors (Lipinski definition) is 3. The first-order valence-electron chi connectivity index (χ1n) is 5.98. The van der Waals surface area contributed by atoms with Gasteiger partial charge >= 0.3 is 12.0 Å². The fourth-order valence-corrected chi connectivity index (χ4v) is 1.96. The van der Waals surface area contributed by atoms with Gasteiger partial charge in [0, 0.05) is 26.0 Å². The maximum absolute atomic E-state index is 12.3. The molecule has 1 saturated heterocycles. The maximum atomic E-state index is 12.3. The minimum Gasteiger partial charge on any atom is -0.480 e. The van der Waals surface area contributed by atoms with Gasteiger partial charge in [-0.1, -0.05) is 0 Å². The quantitative estimate of drug-likeness (QED) is 0.646. The number of urea groups is 1. The molecule has 1 aromatic rings. The molecule has 0 radical (unpaired) electrons. The van der Waals surface area contributed by atoms with Crippen LogP contribution in [-0.2, 0) is 16.1 Å². The lowest BCUT2D eigenvalue weighted by Crippen LogP contribution is -2.61. The summed E-state index contributed by atoms with van der Waals surface area (Å²) in [5.74, 6) is -0.943. The van der Waals surface area contributed by atoms with E-state index in [4.69, 9.17) is 5.11 Å². The summed E-state index contributed by atoms with van der Waals surface area (Å²) in [7, 11) is 1.52. The predicted octanol–water partition coefficient (Wildman–Crippen LogP) is -1.15. The number of amides is 3. The molecule has 0 spiro atoms. The van der Waals surface area contributed by atoms with Crippen LogP contribution in [0.15, 0.2) is 12.4 Å². The molecule has 3 N–H and O–H groups in total. The molecule has 1 unspecified atom stereocenters. The maximum Gasteiger partial charge on any atom is 0.328 e. The van der Waals surface area contributed by atoms with Gasteiger partial charge in [-0.25, -0.2) is 14.6 Å². The number of aliphatic carboxylic acids is 1. The highest BCUT2D eigenvalue weighted by Gasteiger charge is 2.36. The summed E-state index contributed by atoms with van der Waals surface area (Å²) in [6, 6.07) is -1.58. The van der Waals surface area contributed by atoms with Gasteiger partial charge in [0.15, 0.2) is 0 Å². The number of carboxylic acid groups (broad SMARTS) is 1. The van der Waals surface area contributed by atoms with Crippen molar-refractivity contribution in [2.75, 3.05) is 20.1 Å². The molecule has 1 fully saturated rings. The van der Waals surface area contributed by atoms with Crippen LogP contribution < -0.4 is 5.32 Å². The van der Waals surface area contributed by atoms with Crippen LogP contribution >= 0.6 is 0 Å². The topological polar surface area (TPSA) is 119 Å². The highest BCUT2D eigenvalue weighted by Crippen LogP contribution is 2.09. The van der Waals surface area contributed by atoms with E-state index in [2.05, 4.69) is 15.3 Å². The van der Waals surface area contributed by atoms with Gasteiger partial charge in [0.05, 0.1) is 6.54 Å². The van der Waals surface area contributed by atoms with E-state index in [1.54, 1.807) is 12.4 Å². The average Bonchev–Trinajstić information content (AvgIpc) is 2.90. The zero-order valence-electron chi connectivity index (χ0n) is 10.9. The smallest absolute Gasteiger partial charge is 0.328 e. The van der Waals surface area contributed by atoms with E-state index >= 15 is 0 Å². The van der Waals surface area contributed by atoms with E-state index in [9.17, 15) is 14.4 Å². The molecule has 0 bridgehead atoms. The Morgan fingerprint density at radius 2 is 2.35 bits per heavy atom. The highest BCUT2D eigenvalue weighted by molar-refractivity contribution is 5.90. The molecule has 9 nitrogen and oxygen atoms in total. The van der Waals surface area contributed by atoms with Gasteiger partial charge in [-0.3, -0.25) is 9.69 Å². The Morgan fingerprint density at radius 3 is 2.95 bits per heavy atom. The Morgan fingerprint density at radius 1 is 1.60 bits per heavy atom. The number of rotatable bonds is 3. The van der Waals surface area contributed by atoms with Crippen LogP contribution in [-0.4, -0.2) is 69.0 Å². The van der Waals surface area contributed by atoms with Crippen molar-refractivity contribution in [2.24, 2.45) is 0 Å². The number of hydrogen-bond acceptors (Lipinski definition) is 4. The van der Waals surface area contributed by atoms with Gasteiger partial charge in [-0.2, -0.15) is 0 Å². The van der Waals surface area contributed by atoms with Gasteiger partial charge in [-0.15, -0.1) is 0 Å². The molecule has 1 atom stereocenters. The Hall–Kier alpha value is -2.58. The third kappa shape index (κ3) is 2.87. The molecular formula is C11H15N5O4. The second-order valence-electron chi connectivity index (χ2n) is 4.46. The summed E-state index contributed by atoms with van der Waals surface area (Å²) < 4.78 is 0. The summed E-state index contributed by atoms with van der Waals surface area (Å²) in [4.78, 5) is 43.9. The highest BCUT2D eigenvalue weighted by atomic mass is 16.4. The Bertz CT molecular complexity index is 515. The number of imidazole rings is 1. The lowest BCUT2D eigenvalue weighted by Gasteiger charge is -2.35. The first-order valence-corrected chi connectivity index (χ1v) is 5.98. The predicted molar refractivity (Wildman–Crippen MR) is 66.6 cm³/mol. The van der Waals surface area contributed by atoms with Gasteiger partial charge in [0.25, 0.3) is 0 Å². The molecule has 0 aliphatic carbocycles. The monoisotopic (exact) mass is 281 g/mol. The van der Waals surface area contributed by atoms with Crippen molar-refractivity contribution >= 4 is 17.9 Å². The van der Waals surface area contributed by atoms with E-state index in [0.29, 0.717) is 5.82 Å². The van der Waals surface area contributed by atoms with E-state index in [0.717, 1.165) is 4.90 Å². The summed E-state index contributed by atoms with van der Waals surface area (Å²) >= 11 is 0. The third-order valence-electron chi connectivity index (χ3n) is 2.98. The first kappa shape index (κ1) is 13.8. The van der Waals surface area contributed by atoms with Crippen molar-refractivity contribution in [3.05, 3.63) is 18.2 Å². The molecule has 108 valence electrons. The van der Waals surface area contributed by atoms with Crippen LogP contribution in [0.25, 0.3) is 0 Å². The summed E-state index contributed by atoms with van der Waals surface area (Å²) in [5, 5.41) is 11.5. The van der Waals surface area contributed by atoms with E-state index in [-0.39, 0.29) is 25.5 Å². The summed E-state index contributed by atoms with van der Waals surface area (Å²) in [6.07, 6.45) is 3.18. The van der Waals surface area contributed by atoms with Crippen LogP contribution in [0, 0.1) is 0 Å². The fourth-order valence-electron chi connectivity index (χ4n) is 1.96. The number of piperazine rings is 1. The number of carbonyl (C=O) groups excluding carboxylic acids is 2. The van der Waals surface area contributed by atoms with Crippen molar-refractivity contribution < 1.29 is 19.5 Å². The first-order chi connectivity index (χ1) is 9.49. The molecule has 9 heteroatoms. The molecule has 3 amide bonds. The van der Waals surface area contributed by atoms with Gasteiger partial charge in [-0.05, 0) is 0 Å². The van der Waals surface area contributed by atoms with E-state index < -0.39 is 18.0 Å².